The Morgan fingerprint density at radius 3 is 2.27 bits per heavy atom. The van der Waals surface area contributed by atoms with E-state index in [1.54, 1.807) is 10.9 Å². The molecule has 0 aliphatic carbocycles. The van der Waals surface area contributed by atoms with Crippen molar-refractivity contribution < 1.29 is 47.4 Å². The van der Waals surface area contributed by atoms with Gasteiger partial charge in [-0.15, -0.1) is 6.42 Å². The number of β-amino-alcohol motifs (C(OH)–C–C–N with tert-alkyl or cyclic N) is 1. The molecule has 12 rings (SSSR count). The van der Waals surface area contributed by atoms with Gasteiger partial charge in [-0.1, -0.05) is 55.3 Å². The van der Waals surface area contributed by atoms with Crippen molar-refractivity contribution in [3.63, 3.8) is 0 Å². The van der Waals surface area contributed by atoms with E-state index in [-0.39, 0.29) is 101 Å². The maximum absolute atomic E-state index is 17.4. The number of likely N-dealkylation sites (tertiary alicyclic amines) is 2. The minimum Gasteiger partial charge on any atom is -0.508 e. The molecule has 9 heterocycles. The van der Waals surface area contributed by atoms with Crippen LogP contribution in [0.4, 0.5) is 25.2 Å². The minimum atomic E-state index is -0.840. The monoisotopic (exact) mass is 1230 g/mol. The van der Waals surface area contributed by atoms with Gasteiger partial charge < -0.3 is 44.2 Å². The van der Waals surface area contributed by atoms with E-state index in [4.69, 9.17) is 25.4 Å². The average molecular weight is 1230 g/mol. The molecule has 4 aromatic heterocycles. The second-order valence-corrected chi connectivity index (χ2v) is 26.5. The third-order valence-electron chi connectivity index (χ3n) is 18.9. The Morgan fingerprint density at radius 2 is 1.60 bits per heavy atom. The van der Waals surface area contributed by atoms with Crippen LogP contribution in [0.15, 0.2) is 77.6 Å². The van der Waals surface area contributed by atoms with Gasteiger partial charge in [0.05, 0.1) is 40.9 Å². The molecule has 5 saturated heterocycles. The van der Waals surface area contributed by atoms with Crippen LogP contribution in [0, 0.1) is 41.7 Å². The Hall–Kier alpha value is -8.42. The number of aliphatic hydroxyl groups is 1. The first kappa shape index (κ1) is 61.8. The number of pyridine rings is 1. The highest BCUT2D eigenvalue weighted by Crippen LogP contribution is 2.42. The number of aliphatic hydroxyl groups excluding tert-OH is 1. The molecule has 22 heteroatoms. The van der Waals surface area contributed by atoms with Crippen LogP contribution >= 0.6 is 0 Å². The van der Waals surface area contributed by atoms with Gasteiger partial charge in [0, 0.05) is 82.1 Å². The van der Waals surface area contributed by atoms with Gasteiger partial charge in [-0.25, -0.2) is 13.6 Å². The Kier molecular flexibility index (Phi) is 17.5. The fourth-order valence-corrected chi connectivity index (χ4v) is 14.3. The molecule has 0 saturated carbocycles. The van der Waals surface area contributed by atoms with E-state index >= 15 is 8.78 Å². The number of hydrogen-bond acceptors (Lipinski definition) is 16. The van der Waals surface area contributed by atoms with Gasteiger partial charge in [-0.3, -0.25) is 29.1 Å². The number of nitrogens with one attached hydrogen (secondary N) is 1. The predicted octanol–water partition coefficient (Wildman–Crippen LogP) is 9.76. The summed E-state index contributed by atoms with van der Waals surface area (Å²) in [6.07, 6.45) is 14.7. The number of halogens is 2. The molecule has 2 unspecified atom stereocenters. The number of anilines is 2. The molecule has 3 N–H and O–H groups in total. The molecule has 6 atom stereocenters. The van der Waals surface area contributed by atoms with E-state index in [0.717, 1.165) is 87.9 Å². The normalized spacial score (nSPS) is 20.9. The number of phenols is 1. The number of aryl methyl sites for hydroxylation is 1. The molecular weight excluding hydrogens is 1150 g/mol. The lowest BCUT2D eigenvalue weighted by Gasteiger charge is -2.42. The van der Waals surface area contributed by atoms with Crippen LogP contribution in [-0.2, 0) is 21.4 Å². The van der Waals surface area contributed by atoms with Gasteiger partial charge in [0.2, 0.25) is 11.8 Å². The molecule has 7 aromatic rings. The van der Waals surface area contributed by atoms with Gasteiger partial charge in [0.1, 0.15) is 52.8 Å². The van der Waals surface area contributed by atoms with Crippen LogP contribution in [0.5, 0.6) is 11.8 Å². The number of piperidine rings is 2. The van der Waals surface area contributed by atoms with Gasteiger partial charge in [-0.05, 0) is 144 Å². The number of carbonyl (C=O) groups excluding carboxylic acids is 3. The predicted molar refractivity (Wildman–Crippen MR) is 337 cm³/mol. The molecule has 5 aliphatic heterocycles. The number of aromatic nitrogens is 6. The van der Waals surface area contributed by atoms with E-state index < -0.39 is 35.3 Å². The molecule has 0 radical (unpaired) electrons. The van der Waals surface area contributed by atoms with Crippen molar-refractivity contribution in [3.8, 4) is 46.6 Å². The van der Waals surface area contributed by atoms with Crippen molar-refractivity contribution in [2.75, 3.05) is 68.8 Å². The van der Waals surface area contributed by atoms with E-state index in [1.807, 2.05) is 94.8 Å². The number of benzene rings is 3. The molecule has 3 amide bonds. The zero-order chi connectivity index (χ0) is 63.3. The van der Waals surface area contributed by atoms with Gasteiger partial charge in [0.25, 0.3) is 0 Å². The summed E-state index contributed by atoms with van der Waals surface area (Å²) in [5.41, 5.74) is 2.02. The maximum Gasteiger partial charge on any atom is 0.410 e. The lowest BCUT2D eigenvalue weighted by molar-refractivity contribution is -0.141. The van der Waals surface area contributed by atoms with Crippen molar-refractivity contribution in [2.24, 2.45) is 24.8 Å². The number of carbonyl (C=O) groups is 3. The van der Waals surface area contributed by atoms with Gasteiger partial charge >= 0.3 is 12.1 Å². The summed E-state index contributed by atoms with van der Waals surface area (Å²) < 4.78 is 52.5. The molecule has 5 fully saturated rings. The number of hydrogen-bond donors (Lipinski definition) is 3. The van der Waals surface area contributed by atoms with E-state index in [1.165, 1.54) is 35.4 Å². The van der Waals surface area contributed by atoms with Crippen molar-refractivity contribution in [3.05, 3.63) is 102 Å². The number of terminal acetylenes is 1. The van der Waals surface area contributed by atoms with Gasteiger partial charge in [-0.2, -0.15) is 15.1 Å². The lowest BCUT2D eigenvalue weighted by Crippen LogP contribution is -2.57. The van der Waals surface area contributed by atoms with E-state index in [0.29, 0.717) is 59.6 Å². The van der Waals surface area contributed by atoms with E-state index in [2.05, 4.69) is 41.3 Å². The fourth-order valence-electron chi connectivity index (χ4n) is 14.3. The maximum atomic E-state index is 17.4. The second kappa shape index (κ2) is 25.5. The summed E-state index contributed by atoms with van der Waals surface area (Å²) >= 11 is 0. The summed E-state index contributed by atoms with van der Waals surface area (Å²) in [6, 6.07) is 15.7. The summed E-state index contributed by atoms with van der Waals surface area (Å²) in [6.45, 7) is 16.5. The quantitative estimate of drug-likeness (QED) is 0.0766. The van der Waals surface area contributed by atoms with Crippen molar-refractivity contribution in [2.45, 2.75) is 135 Å². The number of aromatic hydroxyl groups is 1. The van der Waals surface area contributed by atoms with Crippen LogP contribution in [0.25, 0.3) is 44.2 Å². The summed E-state index contributed by atoms with van der Waals surface area (Å²) in [5, 5.41) is 34.4. The minimum absolute atomic E-state index is 0.0213. The lowest BCUT2D eigenvalue weighted by atomic mass is 9.83. The molecular formula is C68H80F2N12O8. The fraction of sp³-hybridized carbons (Fsp3) is 0.500. The van der Waals surface area contributed by atoms with Crippen molar-refractivity contribution in [1.29, 1.82) is 0 Å². The second-order valence-electron chi connectivity index (χ2n) is 26.5. The summed E-state index contributed by atoms with van der Waals surface area (Å²) in [5.74, 6) is 1.95. The highest BCUT2D eigenvalue weighted by atomic mass is 19.1. The summed E-state index contributed by atoms with van der Waals surface area (Å²) in [4.78, 5) is 66.0. The van der Waals surface area contributed by atoms with E-state index in [9.17, 15) is 24.6 Å². The molecule has 5 aliphatic rings. The van der Waals surface area contributed by atoms with Crippen LogP contribution in [0.1, 0.15) is 122 Å². The standard InChI is InChI=1S/C68H80F2N12O8/c1-9-50-53(69)17-14-45-31-48(83)32-51(59(45)50)61-60(70)62-52(35-71-61)63(80-36-46-15-16-47(37-80)82(46)67(87)89-68(5,6)7)75-66(74-62)88-29-28-78-24-19-41(20-25-78)30-42-21-26-79(27-22-42)57-34-56(90-76-57)58(39(2)3)65(86)81-38-49(84)33-55(81)64(85)73-40(4)43-10-12-44(13-11-43)54-18-23-72-77(54)8/h1,10-14,17-18,23,31-32,34-35,39-42,46-47,49,55,58,83-84H,15-16,19-22,24-30,33,36-38H2,2-8H3,(H,73,85)/t40-,46?,47?,49+,55-,58+/m0/s1. The third-order valence-corrected chi connectivity index (χ3v) is 18.9. The first-order valence-electron chi connectivity index (χ1n) is 31.7. The molecule has 3 aromatic carbocycles. The third kappa shape index (κ3) is 12.7. The Labute approximate surface area is 522 Å². The smallest absolute Gasteiger partial charge is 0.410 e. The number of amides is 3. The van der Waals surface area contributed by atoms with Crippen molar-refractivity contribution >= 4 is 51.2 Å². The summed E-state index contributed by atoms with van der Waals surface area (Å²) in [7, 11) is 1.89. The van der Waals surface area contributed by atoms with Crippen LogP contribution in [-0.4, -0.2) is 162 Å². The zero-order valence-corrected chi connectivity index (χ0v) is 52.2. The first-order valence-corrected chi connectivity index (χ1v) is 31.7. The Bertz CT molecular complexity index is 3830. The van der Waals surface area contributed by atoms with Crippen LogP contribution in [0.2, 0.25) is 0 Å². The van der Waals surface area contributed by atoms with Gasteiger partial charge in [0.15, 0.2) is 17.4 Å². The number of ether oxygens (including phenoxy) is 2. The molecule has 90 heavy (non-hydrogen) atoms. The average Bonchev–Trinajstić information content (AvgIpc) is 1.01. The molecule has 2 bridgehead atoms. The largest absolute Gasteiger partial charge is 0.508 e. The number of rotatable bonds is 16. The zero-order valence-electron chi connectivity index (χ0n) is 52.2. The highest BCUT2D eigenvalue weighted by molar-refractivity contribution is 6.03. The Balaban J connectivity index is 0.655. The van der Waals surface area contributed by atoms with Crippen LogP contribution < -0.4 is 19.9 Å². The molecule has 474 valence electrons. The number of piperazine rings is 1. The number of fused-ring (bicyclic) bond motifs is 4. The first-order chi connectivity index (χ1) is 43.2. The molecule has 0 spiro atoms. The topological polar surface area (TPSA) is 221 Å². The number of phenolic OH excluding ortho intramolecular Hbond substituents is 1. The molecule has 20 nitrogen and oxygen atoms in total. The SMILES string of the molecule is C#Cc1c(F)ccc2cc(O)cc(-c3ncc4c(N5CC6CCC(C5)N6C(=O)OC(C)(C)C)nc(OCCN5CCC(CC6CCN(c7cc([C@H](C(=O)N8C[C@H](O)C[C@H]8C(=O)N[C@@H](C)c8ccc(-c9ccnn9C)cc8)C(C)C)on7)CC6)CC5)nc4c3F)c12. The highest BCUT2D eigenvalue weighted by Gasteiger charge is 2.46. The number of nitrogens with zero attached hydrogens (tertiary/aromatic N) is 11. The Morgan fingerprint density at radius 1 is 0.889 bits per heavy atom. The van der Waals surface area contributed by atoms with Crippen molar-refractivity contribution in [1.82, 2.24) is 49.9 Å². The van der Waals surface area contributed by atoms with Crippen LogP contribution in [0.3, 0.4) is 0 Å².